The monoisotopic (exact) mass is 406 g/mol. The number of H-pyrrole nitrogens is 1. The van der Waals surface area contributed by atoms with Gasteiger partial charge in [0, 0.05) is 17.1 Å². The van der Waals surface area contributed by atoms with E-state index in [1.54, 1.807) is 18.7 Å². The van der Waals surface area contributed by atoms with Crippen molar-refractivity contribution in [3.05, 3.63) is 36.8 Å². The SMILES string of the molecule is O=C(O)[C@H]1C2CCC(CC2)[C@@H]1n1cnc2cnc(-c3c[nH]c4ncc(F)cc34)nc21. The van der Waals surface area contributed by atoms with E-state index >= 15 is 0 Å². The molecule has 30 heavy (non-hydrogen) atoms. The molecule has 0 unspecified atom stereocenters. The number of carboxylic acids is 1. The van der Waals surface area contributed by atoms with Gasteiger partial charge < -0.3 is 14.7 Å². The summed E-state index contributed by atoms with van der Waals surface area (Å²) in [5.74, 6) is -0.687. The van der Waals surface area contributed by atoms with E-state index in [1.165, 1.54) is 6.07 Å². The molecule has 2 bridgehead atoms. The van der Waals surface area contributed by atoms with Crippen molar-refractivity contribution in [2.24, 2.45) is 17.8 Å². The van der Waals surface area contributed by atoms with Crippen LogP contribution in [0.25, 0.3) is 33.6 Å². The second-order valence-electron chi connectivity index (χ2n) is 8.34. The Kier molecular flexibility index (Phi) is 3.68. The summed E-state index contributed by atoms with van der Waals surface area (Å²) in [4.78, 5) is 32.8. The molecule has 9 heteroatoms. The third-order valence-corrected chi connectivity index (χ3v) is 6.84. The van der Waals surface area contributed by atoms with E-state index in [4.69, 9.17) is 4.98 Å². The number of hydrogen-bond donors (Lipinski definition) is 2. The van der Waals surface area contributed by atoms with E-state index in [0.29, 0.717) is 39.5 Å². The van der Waals surface area contributed by atoms with Crippen LogP contribution in [-0.4, -0.2) is 40.6 Å². The number of nitrogens with one attached hydrogen (secondary N) is 1. The highest BCUT2D eigenvalue weighted by molar-refractivity contribution is 5.92. The van der Waals surface area contributed by atoms with Gasteiger partial charge in [-0.25, -0.2) is 24.3 Å². The van der Waals surface area contributed by atoms with Crippen molar-refractivity contribution in [3.63, 3.8) is 0 Å². The van der Waals surface area contributed by atoms with Crippen LogP contribution in [-0.2, 0) is 4.79 Å². The molecule has 152 valence electrons. The van der Waals surface area contributed by atoms with Crippen molar-refractivity contribution >= 4 is 28.2 Å². The molecule has 0 aliphatic heterocycles. The number of halogens is 1. The Bertz CT molecular complexity index is 1290. The Morgan fingerprint density at radius 2 is 1.93 bits per heavy atom. The molecule has 3 fully saturated rings. The smallest absolute Gasteiger partial charge is 0.308 e. The van der Waals surface area contributed by atoms with E-state index in [-0.39, 0.29) is 12.0 Å². The van der Waals surface area contributed by atoms with Gasteiger partial charge in [-0.3, -0.25) is 4.79 Å². The molecule has 0 aromatic carbocycles. The number of fused-ring (bicyclic) bond motifs is 5. The highest BCUT2D eigenvalue weighted by atomic mass is 19.1. The second-order valence-corrected chi connectivity index (χ2v) is 8.34. The van der Waals surface area contributed by atoms with Gasteiger partial charge in [-0.15, -0.1) is 0 Å². The van der Waals surface area contributed by atoms with E-state index in [2.05, 4.69) is 19.9 Å². The molecule has 4 aromatic rings. The standard InChI is InChI=1S/C21H19FN6O2/c22-12-5-13-14(7-24-18(13)23-6-12)19-25-8-15-20(27-19)28(9-26-15)17-11-3-1-10(2-4-11)16(17)21(29)30/h5-11,16-17H,1-4H2,(H,23,24)(H,29,30)/t10?,11?,16-,17-/m0/s1. The van der Waals surface area contributed by atoms with E-state index in [9.17, 15) is 14.3 Å². The fraction of sp³-hybridized carbons (Fsp3) is 0.381. The fourth-order valence-corrected chi connectivity index (χ4v) is 5.50. The number of pyridine rings is 1. The summed E-state index contributed by atoms with van der Waals surface area (Å²) in [6.07, 6.45) is 10.2. The van der Waals surface area contributed by atoms with Gasteiger partial charge in [-0.1, -0.05) is 0 Å². The zero-order valence-electron chi connectivity index (χ0n) is 16.0. The summed E-state index contributed by atoms with van der Waals surface area (Å²) in [5, 5.41) is 10.5. The minimum absolute atomic E-state index is 0.162. The Balaban J connectivity index is 1.50. The first-order valence-electron chi connectivity index (χ1n) is 10.2. The van der Waals surface area contributed by atoms with Gasteiger partial charge in [0.15, 0.2) is 11.5 Å². The number of aromatic amines is 1. The highest BCUT2D eigenvalue weighted by Crippen LogP contribution is 2.51. The van der Waals surface area contributed by atoms with Gasteiger partial charge in [-0.2, -0.15) is 0 Å². The lowest BCUT2D eigenvalue weighted by atomic mass is 9.61. The first kappa shape index (κ1) is 17.5. The van der Waals surface area contributed by atoms with Crippen molar-refractivity contribution in [3.8, 4) is 11.4 Å². The van der Waals surface area contributed by atoms with Gasteiger partial charge >= 0.3 is 5.97 Å². The highest BCUT2D eigenvalue weighted by Gasteiger charge is 2.48. The molecular formula is C21H19FN6O2. The Hall–Kier alpha value is -3.36. The molecule has 3 aliphatic carbocycles. The maximum absolute atomic E-state index is 13.7. The zero-order valence-corrected chi connectivity index (χ0v) is 16.0. The summed E-state index contributed by atoms with van der Waals surface area (Å²) in [6.45, 7) is 0. The number of imidazole rings is 1. The molecule has 7 rings (SSSR count). The zero-order chi connectivity index (χ0) is 20.4. The van der Waals surface area contributed by atoms with Crippen molar-refractivity contribution in [1.82, 2.24) is 29.5 Å². The first-order valence-corrected chi connectivity index (χ1v) is 10.2. The Morgan fingerprint density at radius 1 is 1.13 bits per heavy atom. The predicted molar refractivity (Wildman–Crippen MR) is 106 cm³/mol. The third kappa shape index (κ3) is 2.47. The van der Waals surface area contributed by atoms with Crippen LogP contribution in [0.2, 0.25) is 0 Å². The molecule has 3 aliphatic rings. The number of aliphatic carboxylic acids is 1. The Morgan fingerprint density at radius 3 is 2.73 bits per heavy atom. The van der Waals surface area contributed by atoms with Gasteiger partial charge in [0.25, 0.3) is 0 Å². The van der Waals surface area contributed by atoms with Crippen LogP contribution in [0.15, 0.2) is 31.0 Å². The van der Waals surface area contributed by atoms with Crippen LogP contribution in [0.5, 0.6) is 0 Å². The summed E-state index contributed by atoms with van der Waals surface area (Å²) in [6, 6.07) is 1.24. The molecule has 2 atom stereocenters. The molecule has 0 saturated heterocycles. The van der Waals surface area contributed by atoms with Crippen LogP contribution >= 0.6 is 0 Å². The average molecular weight is 406 g/mol. The lowest BCUT2D eigenvalue weighted by Crippen LogP contribution is -2.44. The molecule has 0 spiro atoms. The first-order chi connectivity index (χ1) is 14.6. The summed E-state index contributed by atoms with van der Waals surface area (Å²) >= 11 is 0. The maximum Gasteiger partial charge on any atom is 0.308 e. The van der Waals surface area contributed by atoms with Gasteiger partial charge in [0.1, 0.15) is 17.0 Å². The maximum atomic E-state index is 13.7. The molecule has 0 radical (unpaired) electrons. The van der Waals surface area contributed by atoms with Crippen LogP contribution in [0.1, 0.15) is 31.7 Å². The Labute approximate surface area is 170 Å². The van der Waals surface area contributed by atoms with E-state index in [0.717, 1.165) is 31.9 Å². The van der Waals surface area contributed by atoms with Crippen molar-refractivity contribution in [2.45, 2.75) is 31.7 Å². The number of carboxylic acid groups (broad SMARTS) is 1. The second kappa shape index (κ2) is 6.32. The molecule has 3 saturated carbocycles. The van der Waals surface area contributed by atoms with Crippen molar-refractivity contribution in [2.75, 3.05) is 0 Å². The minimum Gasteiger partial charge on any atom is -0.481 e. The summed E-state index contributed by atoms with van der Waals surface area (Å²) < 4.78 is 15.7. The van der Waals surface area contributed by atoms with Gasteiger partial charge in [-0.05, 0) is 43.6 Å². The lowest BCUT2D eigenvalue weighted by Gasteiger charge is -2.47. The predicted octanol–water partition coefficient (Wildman–Crippen LogP) is 3.57. The van der Waals surface area contributed by atoms with Crippen molar-refractivity contribution < 1.29 is 14.3 Å². The van der Waals surface area contributed by atoms with Crippen LogP contribution in [0.3, 0.4) is 0 Å². The van der Waals surface area contributed by atoms with Gasteiger partial charge in [0.05, 0.1) is 30.7 Å². The topological polar surface area (TPSA) is 110 Å². The van der Waals surface area contributed by atoms with Gasteiger partial charge in [0.2, 0.25) is 0 Å². The van der Waals surface area contributed by atoms with Crippen LogP contribution < -0.4 is 0 Å². The summed E-state index contributed by atoms with van der Waals surface area (Å²) in [7, 11) is 0. The van der Waals surface area contributed by atoms with E-state index in [1.807, 2.05) is 4.57 Å². The number of rotatable bonds is 3. The average Bonchev–Trinajstić information content (AvgIpc) is 3.37. The molecular weight excluding hydrogens is 387 g/mol. The fourth-order valence-electron chi connectivity index (χ4n) is 5.50. The lowest BCUT2D eigenvalue weighted by molar-refractivity contribution is -0.151. The van der Waals surface area contributed by atoms with E-state index < -0.39 is 17.7 Å². The molecule has 4 aromatic heterocycles. The van der Waals surface area contributed by atoms with Crippen LogP contribution in [0.4, 0.5) is 4.39 Å². The van der Waals surface area contributed by atoms with Crippen LogP contribution in [0, 0.1) is 23.6 Å². The number of aromatic nitrogens is 6. The molecule has 4 heterocycles. The largest absolute Gasteiger partial charge is 0.481 e. The number of carbonyl (C=O) groups is 1. The summed E-state index contributed by atoms with van der Waals surface area (Å²) in [5.41, 5.74) is 2.43. The van der Waals surface area contributed by atoms with Crippen molar-refractivity contribution in [1.29, 1.82) is 0 Å². The molecule has 0 amide bonds. The third-order valence-electron chi connectivity index (χ3n) is 6.84. The normalized spacial score (nSPS) is 25.9. The molecule has 2 N–H and O–H groups in total. The minimum atomic E-state index is -0.747. The number of nitrogens with zero attached hydrogens (tertiary/aromatic N) is 5. The quantitative estimate of drug-likeness (QED) is 0.538. The number of hydrogen-bond acceptors (Lipinski definition) is 5. The molecule has 8 nitrogen and oxygen atoms in total.